The fraction of sp³-hybridized carbons (Fsp3) is 0.235. The highest BCUT2D eigenvalue weighted by Gasteiger charge is 2.20. The average Bonchev–Trinajstić information content (AvgIpc) is 3.17. The zero-order valence-electron chi connectivity index (χ0n) is 14.2. The van der Waals surface area contributed by atoms with Crippen LogP contribution in [0.1, 0.15) is 26.5 Å². The third-order valence-electron chi connectivity index (χ3n) is 3.46. The van der Waals surface area contributed by atoms with Gasteiger partial charge in [0.2, 0.25) is 5.88 Å². The number of anilines is 3. The Morgan fingerprint density at radius 3 is 2.32 bits per heavy atom. The molecular formula is C17H19N5O3. The fourth-order valence-corrected chi connectivity index (χ4v) is 2.12. The number of carbonyl (C=O) groups excluding carboxylic acids is 1. The highest BCUT2D eigenvalue weighted by atomic mass is 16.5. The SMILES string of the molecule is CC(C)(C)c1cc(NC(=O)Nc2ccc(-c3cc(N)on3)cc2)no1. The van der Waals surface area contributed by atoms with Gasteiger partial charge in [-0.25, -0.2) is 4.79 Å². The van der Waals surface area contributed by atoms with Gasteiger partial charge in [-0.3, -0.25) is 5.32 Å². The molecule has 0 atom stereocenters. The van der Waals surface area contributed by atoms with Crippen molar-refractivity contribution in [2.24, 2.45) is 0 Å². The second-order valence-corrected chi connectivity index (χ2v) is 6.60. The van der Waals surface area contributed by atoms with Gasteiger partial charge >= 0.3 is 6.03 Å². The summed E-state index contributed by atoms with van der Waals surface area (Å²) in [6, 6.07) is 10.0. The Balaban J connectivity index is 1.62. The minimum atomic E-state index is -0.410. The predicted octanol–water partition coefficient (Wildman–Crippen LogP) is 3.85. The van der Waals surface area contributed by atoms with E-state index < -0.39 is 6.03 Å². The van der Waals surface area contributed by atoms with E-state index in [0.717, 1.165) is 5.56 Å². The van der Waals surface area contributed by atoms with Crippen LogP contribution < -0.4 is 16.4 Å². The van der Waals surface area contributed by atoms with Crippen molar-refractivity contribution in [3.05, 3.63) is 42.2 Å². The molecule has 8 nitrogen and oxygen atoms in total. The van der Waals surface area contributed by atoms with Crippen molar-refractivity contribution in [3.8, 4) is 11.3 Å². The van der Waals surface area contributed by atoms with Crippen molar-refractivity contribution in [1.29, 1.82) is 0 Å². The van der Waals surface area contributed by atoms with E-state index in [1.807, 2.05) is 20.8 Å². The van der Waals surface area contributed by atoms with Crippen molar-refractivity contribution >= 4 is 23.4 Å². The van der Waals surface area contributed by atoms with E-state index in [4.69, 9.17) is 14.8 Å². The number of hydrogen-bond acceptors (Lipinski definition) is 6. The standard InChI is InChI=1S/C17H19N5O3/c1-17(2,3)13-9-15(22-24-13)20-16(23)19-11-6-4-10(5-7-11)12-8-14(18)25-21-12/h4-9H,18H2,1-3H3,(H2,19,20,22,23). The molecule has 0 bridgehead atoms. The molecule has 0 saturated heterocycles. The lowest BCUT2D eigenvalue weighted by Gasteiger charge is -2.12. The van der Waals surface area contributed by atoms with Gasteiger partial charge in [0.15, 0.2) is 5.82 Å². The number of hydrogen-bond donors (Lipinski definition) is 3. The Bertz CT molecular complexity index is 874. The van der Waals surface area contributed by atoms with Gasteiger partial charge in [0.1, 0.15) is 11.5 Å². The molecule has 1 aromatic carbocycles. The summed E-state index contributed by atoms with van der Waals surface area (Å²) >= 11 is 0. The summed E-state index contributed by atoms with van der Waals surface area (Å²) in [5.74, 6) is 1.30. The van der Waals surface area contributed by atoms with Crippen LogP contribution in [0.15, 0.2) is 45.4 Å². The number of benzene rings is 1. The first-order chi connectivity index (χ1) is 11.8. The second-order valence-electron chi connectivity index (χ2n) is 6.60. The topological polar surface area (TPSA) is 119 Å². The zero-order valence-corrected chi connectivity index (χ0v) is 14.2. The Morgan fingerprint density at radius 2 is 1.76 bits per heavy atom. The molecule has 0 aliphatic heterocycles. The number of aromatic nitrogens is 2. The smallest absolute Gasteiger partial charge is 0.324 e. The first-order valence-corrected chi connectivity index (χ1v) is 7.69. The summed E-state index contributed by atoms with van der Waals surface area (Å²) < 4.78 is 10.1. The maximum atomic E-state index is 12.1. The lowest BCUT2D eigenvalue weighted by Crippen LogP contribution is -2.19. The Labute approximate surface area is 144 Å². The molecule has 0 unspecified atom stereocenters. The number of rotatable bonds is 3. The minimum Gasteiger partial charge on any atom is -0.368 e. The van der Waals surface area contributed by atoms with Crippen LogP contribution in [0.5, 0.6) is 0 Å². The van der Waals surface area contributed by atoms with Gasteiger partial charge in [-0.15, -0.1) is 0 Å². The molecule has 4 N–H and O–H groups in total. The highest BCUT2D eigenvalue weighted by molar-refractivity contribution is 5.99. The molecule has 0 aliphatic carbocycles. The molecule has 0 aliphatic rings. The molecule has 25 heavy (non-hydrogen) atoms. The van der Waals surface area contributed by atoms with E-state index in [0.29, 0.717) is 23.0 Å². The quantitative estimate of drug-likeness (QED) is 0.665. The van der Waals surface area contributed by atoms with E-state index in [-0.39, 0.29) is 11.3 Å². The number of carbonyl (C=O) groups is 1. The van der Waals surface area contributed by atoms with Crippen LogP contribution in [0.4, 0.5) is 22.2 Å². The molecule has 2 amide bonds. The first-order valence-electron chi connectivity index (χ1n) is 7.69. The summed E-state index contributed by atoms with van der Waals surface area (Å²) in [7, 11) is 0. The third kappa shape index (κ3) is 3.97. The molecule has 3 rings (SSSR count). The molecule has 130 valence electrons. The maximum absolute atomic E-state index is 12.1. The number of nitrogen functional groups attached to an aromatic ring is 1. The van der Waals surface area contributed by atoms with Crippen LogP contribution >= 0.6 is 0 Å². The van der Waals surface area contributed by atoms with Crippen LogP contribution in [0.3, 0.4) is 0 Å². The molecule has 0 spiro atoms. The molecular weight excluding hydrogens is 322 g/mol. The van der Waals surface area contributed by atoms with E-state index >= 15 is 0 Å². The van der Waals surface area contributed by atoms with Crippen molar-refractivity contribution in [3.63, 3.8) is 0 Å². The van der Waals surface area contributed by atoms with Crippen LogP contribution in [0, 0.1) is 0 Å². The van der Waals surface area contributed by atoms with Crippen molar-refractivity contribution in [1.82, 2.24) is 10.3 Å². The number of amides is 2. The lowest BCUT2D eigenvalue weighted by molar-refractivity contribution is 0.262. The normalized spacial score (nSPS) is 11.3. The largest absolute Gasteiger partial charge is 0.368 e. The summed E-state index contributed by atoms with van der Waals surface area (Å²) in [6.07, 6.45) is 0. The van der Waals surface area contributed by atoms with Gasteiger partial charge in [-0.05, 0) is 12.1 Å². The van der Waals surface area contributed by atoms with Crippen LogP contribution in [0.2, 0.25) is 0 Å². The lowest BCUT2D eigenvalue weighted by atomic mass is 9.93. The molecule has 2 aromatic heterocycles. The molecule has 0 fully saturated rings. The number of nitrogens with zero attached hydrogens (tertiary/aromatic N) is 2. The average molecular weight is 341 g/mol. The fourth-order valence-electron chi connectivity index (χ4n) is 2.12. The summed E-state index contributed by atoms with van der Waals surface area (Å²) in [5.41, 5.74) is 7.41. The molecule has 3 aromatic rings. The number of urea groups is 1. The van der Waals surface area contributed by atoms with Crippen molar-refractivity contribution in [2.45, 2.75) is 26.2 Å². The van der Waals surface area contributed by atoms with Gasteiger partial charge < -0.3 is 20.1 Å². The molecule has 0 radical (unpaired) electrons. The van der Waals surface area contributed by atoms with Crippen molar-refractivity contribution < 1.29 is 13.8 Å². The third-order valence-corrected chi connectivity index (χ3v) is 3.46. The Hall–Kier alpha value is -3.29. The maximum Gasteiger partial charge on any atom is 0.324 e. The second kappa shape index (κ2) is 6.31. The van der Waals surface area contributed by atoms with E-state index in [9.17, 15) is 4.79 Å². The number of nitrogens with one attached hydrogen (secondary N) is 2. The molecule has 2 heterocycles. The van der Waals surface area contributed by atoms with Gasteiger partial charge in [-0.2, -0.15) is 0 Å². The van der Waals surface area contributed by atoms with Crippen LogP contribution in [-0.2, 0) is 5.41 Å². The van der Waals surface area contributed by atoms with E-state index in [1.54, 1.807) is 36.4 Å². The van der Waals surface area contributed by atoms with Gasteiger partial charge in [0.25, 0.3) is 0 Å². The van der Waals surface area contributed by atoms with Gasteiger partial charge in [0.05, 0.1) is 0 Å². The van der Waals surface area contributed by atoms with Gasteiger partial charge in [-0.1, -0.05) is 43.2 Å². The Morgan fingerprint density at radius 1 is 1.04 bits per heavy atom. The summed E-state index contributed by atoms with van der Waals surface area (Å²) in [4.78, 5) is 12.1. The Kier molecular flexibility index (Phi) is 4.18. The predicted molar refractivity (Wildman–Crippen MR) is 94.2 cm³/mol. The number of nitrogens with two attached hydrogens (primary N) is 1. The van der Waals surface area contributed by atoms with E-state index in [2.05, 4.69) is 20.9 Å². The molecule has 0 saturated carbocycles. The first kappa shape index (κ1) is 16.6. The van der Waals surface area contributed by atoms with Crippen LogP contribution in [-0.4, -0.2) is 16.3 Å². The summed E-state index contributed by atoms with van der Waals surface area (Å²) in [5, 5.41) is 13.0. The van der Waals surface area contributed by atoms with Crippen LogP contribution in [0.25, 0.3) is 11.3 Å². The summed E-state index contributed by atoms with van der Waals surface area (Å²) in [6.45, 7) is 6.00. The van der Waals surface area contributed by atoms with Crippen molar-refractivity contribution in [2.75, 3.05) is 16.4 Å². The van der Waals surface area contributed by atoms with Gasteiger partial charge in [0, 0.05) is 28.8 Å². The highest BCUT2D eigenvalue weighted by Crippen LogP contribution is 2.25. The van der Waals surface area contributed by atoms with E-state index in [1.165, 1.54) is 0 Å². The zero-order chi connectivity index (χ0) is 18.0. The minimum absolute atomic E-state index is 0.177. The monoisotopic (exact) mass is 341 g/mol. The molecule has 8 heteroatoms.